The molecule has 0 aliphatic rings. The van der Waals surface area contributed by atoms with Crippen molar-refractivity contribution < 1.29 is 14.4 Å². The maximum atomic E-state index is 13.2. The molecule has 0 spiro atoms. The number of ether oxygens (including phenoxy) is 2. The van der Waals surface area contributed by atoms with Gasteiger partial charge in [0.05, 0.1) is 35.3 Å². The fourth-order valence-electron chi connectivity index (χ4n) is 3.34. The highest BCUT2D eigenvalue weighted by atomic mass is 79.9. The first-order chi connectivity index (χ1) is 16.5. The molecule has 10 heteroatoms. The summed E-state index contributed by atoms with van der Waals surface area (Å²) in [6.07, 6.45) is 2.71. The maximum Gasteiger partial charge on any atom is 0.315 e. The molecule has 35 heavy (non-hydrogen) atoms. The molecular weight excluding hydrogens is 516 g/mol. The van der Waals surface area contributed by atoms with E-state index in [9.17, 15) is 14.9 Å². The molecule has 3 aromatic rings. The second-order valence-electron chi connectivity index (χ2n) is 9.21. The first kappa shape index (κ1) is 26.3. The number of nitrogens with zero attached hydrogens (tertiary/aromatic N) is 4. The summed E-state index contributed by atoms with van der Waals surface area (Å²) in [6, 6.07) is 8.29. The molecule has 9 nitrogen and oxygen atoms in total. The van der Waals surface area contributed by atoms with Crippen LogP contribution in [0.2, 0.25) is 0 Å². The van der Waals surface area contributed by atoms with Gasteiger partial charge < -0.3 is 9.47 Å². The quantitative estimate of drug-likeness (QED) is 0.193. The van der Waals surface area contributed by atoms with E-state index in [0.29, 0.717) is 35.3 Å². The molecule has 0 bridgehead atoms. The second-order valence-corrected chi connectivity index (χ2v) is 10.1. The lowest BCUT2D eigenvalue weighted by atomic mass is 9.98. The second kappa shape index (κ2) is 11.0. The van der Waals surface area contributed by atoms with Gasteiger partial charge in [-0.1, -0.05) is 43.6 Å². The summed E-state index contributed by atoms with van der Waals surface area (Å²) in [7, 11) is 0. The standard InChI is InChI=1S/C25H29BrN4O5/c1-6-8-22-28-19-10-9-17(26)13-18(19)24(31)29(22)27-14-16-11-20(30(32)33)23(21(12-16)34-7-2)35-15-25(3,4)5/h9-14H,6-8,15H2,1-5H3. The summed E-state index contributed by atoms with van der Waals surface area (Å²) in [6.45, 7) is 10.3. The van der Waals surface area contributed by atoms with E-state index >= 15 is 0 Å². The number of hydrogen-bond acceptors (Lipinski definition) is 7. The van der Waals surface area contributed by atoms with Gasteiger partial charge in [0, 0.05) is 22.5 Å². The highest BCUT2D eigenvalue weighted by Gasteiger charge is 2.24. The molecule has 0 saturated heterocycles. The lowest BCUT2D eigenvalue weighted by Gasteiger charge is -2.20. The topological polar surface area (TPSA) is 109 Å². The smallest absolute Gasteiger partial charge is 0.315 e. The van der Waals surface area contributed by atoms with Crippen LogP contribution in [-0.4, -0.2) is 34.0 Å². The fourth-order valence-corrected chi connectivity index (χ4v) is 3.70. The van der Waals surface area contributed by atoms with Crippen molar-refractivity contribution in [2.45, 2.75) is 47.5 Å². The first-order valence-corrected chi connectivity index (χ1v) is 12.2. The minimum Gasteiger partial charge on any atom is -0.490 e. The molecule has 0 radical (unpaired) electrons. The van der Waals surface area contributed by atoms with Crippen molar-refractivity contribution in [3.63, 3.8) is 0 Å². The summed E-state index contributed by atoms with van der Waals surface area (Å²) in [5, 5.41) is 16.6. The van der Waals surface area contributed by atoms with Gasteiger partial charge in [0.15, 0.2) is 5.75 Å². The average Bonchev–Trinajstić information content (AvgIpc) is 2.78. The Balaban J connectivity index is 2.12. The van der Waals surface area contributed by atoms with Crippen LogP contribution in [0.15, 0.2) is 44.7 Å². The monoisotopic (exact) mass is 544 g/mol. The van der Waals surface area contributed by atoms with Gasteiger partial charge in [-0.2, -0.15) is 9.78 Å². The largest absolute Gasteiger partial charge is 0.490 e. The number of nitro benzene ring substituents is 1. The number of halogens is 1. The fraction of sp³-hybridized carbons (Fsp3) is 0.400. The Morgan fingerprint density at radius 2 is 1.94 bits per heavy atom. The van der Waals surface area contributed by atoms with Crippen LogP contribution < -0.4 is 15.0 Å². The summed E-state index contributed by atoms with van der Waals surface area (Å²) in [5.41, 5.74) is 0.227. The van der Waals surface area contributed by atoms with E-state index in [1.165, 1.54) is 17.0 Å². The van der Waals surface area contributed by atoms with Crippen molar-refractivity contribution in [2.75, 3.05) is 13.2 Å². The molecule has 0 aliphatic heterocycles. The van der Waals surface area contributed by atoms with Crippen LogP contribution in [0.4, 0.5) is 5.69 Å². The predicted molar refractivity (Wildman–Crippen MR) is 140 cm³/mol. The maximum absolute atomic E-state index is 13.2. The zero-order valence-corrected chi connectivity index (χ0v) is 22.1. The molecule has 0 aliphatic carbocycles. The lowest BCUT2D eigenvalue weighted by molar-refractivity contribution is -0.386. The molecule has 2 aromatic carbocycles. The molecular formula is C25H29BrN4O5. The van der Waals surface area contributed by atoms with E-state index in [1.807, 2.05) is 33.8 Å². The number of aryl methyl sites for hydroxylation is 1. The number of rotatable bonds is 9. The van der Waals surface area contributed by atoms with Gasteiger partial charge in [-0.05, 0) is 43.0 Å². The first-order valence-electron chi connectivity index (χ1n) is 11.4. The Morgan fingerprint density at radius 1 is 1.20 bits per heavy atom. The molecule has 186 valence electrons. The van der Waals surface area contributed by atoms with Gasteiger partial charge in [0.2, 0.25) is 5.75 Å². The highest BCUT2D eigenvalue weighted by Crippen LogP contribution is 2.39. The molecule has 0 saturated carbocycles. The van der Waals surface area contributed by atoms with Crippen molar-refractivity contribution in [1.29, 1.82) is 0 Å². The van der Waals surface area contributed by atoms with Crippen molar-refractivity contribution in [3.05, 3.63) is 66.7 Å². The van der Waals surface area contributed by atoms with Gasteiger partial charge in [-0.15, -0.1) is 0 Å². The van der Waals surface area contributed by atoms with Crippen LogP contribution in [-0.2, 0) is 6.42 Å². The average molecular weight is 545 g/mol. The molecule has 0 atom stereocenters. The van der Waals surface area contributed by atoms with Crippen molar-refractivity contribution in [3.8, 4) is 11.5 Å². The van der Waals surface area contributed by atoms with Crippen LogP contribution in [0.5, 0.6) is 11.5 Å². The van der Waals surface area contributed by atoms with E-state index in [4.69, 9.17) is 9.47 Å². The summed E-state index contributed by atoms with van der Waals surface area (Å²) < 4.78 is 13.5. The zero-order chi connectivity index (χ0) is 25.8. The van der Waals surface area contributed by atoms with Crippen LogP contribution in [0.3, 0.4) is 0 Å². The van der Waals surface area contributed by atoms with Gasteiger partial charge in [0.25, 0.3) is 5.56 Å². The number of benzene rings is 2. The Morgan fingerprint density at radius 3 is 2.57 bits per heavy atom. The SMILES string of the molecule is CCCc1nc2ccc(Br)cc2c(=O)n1N=Cc1cc(OCC)c(OCC(C)(C)C)c([N+](=O)[O-])c1. The molecule has 1 aromatic heterocycles. The van der Waals surface area contributed by atoms with Crippen LogP contribution >= 0.6 is 15.9 Å². The molecule has 0 unspecified atom stereocenters. The van der Waals surface area contributed by atoms with Gasteiger partial charge in [-0.3, -0.25) is 14.9 Å². The lowest BCUT2D eigenvalue weighted by Crippen LogP contribution is -2.22. The summed E-state index contributed by atoms with van der Waals surface area (Å²) in [4.78, 5) is 29.2. The van der Waals surface area contributed by atoms with E-state index < -0.39 is 4.92 Å². The summed E-state index contributed by atoms with van der Waals surface area (Å²) in [5.74, 6) is 0.826. The third-order valence-electron chi connectivity index (χ3n) is 4.87. The van der Waals surface area contributed by atoms with Gasteiger partial charge in [-0.25, -0.2) is 4.98 Å². The third-order valence-corrected chi connectivity index (χ3v) is 5.37. The molecule has 3 rings (SSSR count). The number of aromatic nitrogens is 2. The number of nitro groups is 1. The van der Waals surface area contributed by atoms with Crippen LogP contribution in [0, 0.1) is 15.5 Å². The van der Waals surface area contributed by atoms with Crippen LogP contribution in [0.1, 0.15) is 52.4 Å². The third kappa shape index (κ3) is 6.45. The minimum atomic E-state index is -0.512. The van der Waals surface area contributed by atoms with Crippen molar-refractivity contribution in [2.24, 2.45) is 10.5 Å². The Kier molecular flexibility index (Phi) is 8.26. The van der Waals surface area contributed by atoms with Gasteiger partial charge >= 0.3 is 5.69 Å². The molecule has 0 fully saturated rings. The van der Waals surface area contributed by atoms with E-state index in [0.717, 1.165) is 10.9 Å². The molecule has 0 N–H and O–H groups in total. The number of fused-ring (bicyclic) bond motifs is 1. The molecule has 1 heterocycles. The Bertz CT molecular complexity index is 1330. The van der Waals surface area contributed by atoms with E-state index in [1.54, 1.807) is 25.1 Å². The van der Waals surface area contributed by atoms with E-state index in [2.05, 4.69) is 26.0 Å². The Labute approximate surface area is 212 Å². The highest BCUT2D eigenvalue weighted by molar-refractivity contribution is 9.10. The van der Waals surface area contributed by atoms with E-state index in [-0.39, 0.29) is 34.8 Å². The zero-order valence-electron chi connectivity index (χ0n) is 20.5. The minimum absolute atomic E-state index is 0.0741. The van der Waals surface area contributed by atoms with Crippen molar-refractivity contribution >= 4 is 38.7 Å². The van der Waals surface area contributed by atoms with Crippen LogP contribution in [0.25, 0.3) is 10.9 Å². The Hall–Kier alpha value is -3.27. The van der Waals surface area contributed by atoms with Gasteiger partial charge in [0.1, 0.15) is 5.82 Å². The summed E-state index contributed by atoms with van der Waals surface area (Å²) >= 11 is 3.39. The predicted octanol–water partition coefficient (Wildman–Crippen LogP) is 5.73. The number of hydrogen-bond donors (Lipinski definition) is 0. The van der Waals surface area contributed by atoms with Crippen molar-refractivity contribution in [1.82, 2.24) is 9.66 Å². The normalized spacial score (nSPS) is 11.8. The molecule has 0 amide bonds.